The maximum atomic E-state index is 10.2. The van der Waals surface area contributed by atoms with Gasteiger partial charge in [-0.1, -0.05) is 49.3 Å². The Balaban J connectivity index is 2.20. The summed E-state index contributed by atoms with van der Waals surface area (Å²) in [5.41, 5.74) is 0.722. The summed E-state index contributed by atoms with van der Waals surface area (Å²) in [5, 5.41) is 14.2. The predicted molar refractivity (Wildman–Crippen MR) is 74.0 cm³/mol. The second kappa shape index (κ2) is 6.63. The van der Waals surface area contributed by atoms with Crippen molar-refractivity contribution in [1.82, 2.24) is 10.1 Å². The number of hydrogen-bond acceptors (Lipinski definition) is 5. The van der Waals surface area contributed by atoms with Crippen molar-refractivity contribution in [3.63, 3.8) is 0 Å². The van der Waals surface area contributed by atoms with Gasteiger partial charge < -0.3 is 14.4 Å². The first-order valence-electron chi connectivity index (χ1n) is 6.81. The molecule has 0 radical (unpaired) electrons. The summed E-state index contributed by atoms with van der Waals surface area (Å²) in [6.45, 7) is 6.57. The zero-order valence-corrected chi connectivity index (χ0v) is 12.0. The van der Waals surface area contributed by atoms with Crippen LogP contribution in [0.3, 0.4) is 0 Å². The van der Waals surface area contributed by atoms with Gasteiger partial charge in [0.15, 0.2) is 6.10 Å². The SMILES string of the molecule is CCOC(c1noc(C(O)c2ccccc2)n1)C(C)C. The summed E-state index contributed by atoms with van der Waals surface area (Å²) in [6.07, 6.45) is -1.13. The zero-order chi connectivity index (χ0) is 14.5. The highest BCUT2D eigenvalue weighted by atomic mass is 16.5. The van der Waals surface area contributed by atoms with E-state index in [2.05, 4.69) is 10.1 Å². The molecule has 0 spiro atoms. The molecule has 5 nitrogen and oxygen atoms in total. The fourth-order valence-electron chi connectivity index (χ4n) is 2.00. The number of nitrogens with zero attached hydrogens (tertiary/aromatic N) is 2. The van der Waals surface area contributed by atoms with Crippen LogP contribution in [0, 0.1) is 5.92 Å². The van der Waals surface area contributed by atoms with Gasteiger partial charge in [-0.25, -0.2) is 0 Å². The predicted octanol–water partition coefficient (Wildman–Crippen LogP) is 2.88. The van der Waals surface area contributed by atoms with Crippen LogP contribution in [-0.2, 0) is 4.74 Å². The fraction of sp³-hybridized carbons (Fsp3) is 0.467. The first-order valence-corrected chi connectivity index (χ1v) is 6.81. The standard InChI is InChI=1S/C15H20N2O3/c1-4-19-13(10(2)3)14-16-15(20-17-14)12(18)11-8-6-5-7-9-11/h5-10,12-13,18H,4H2,1-3H3. The summed E-state index contributed by atoms with van der Waals surface area (Å²) in [6, 6.07) is 9.23. The van der Waals surface area contributed by atoms with E-state index in [1.165, 1.54) is 0 Å². The first kappa shape index (κ1) is 14.7. The molecule has 2 atom stereocenters. The third-order valence-electron chi connectivity index (χ3n) is 3.01. The van der Waals surface area contributed by atoms with Gasteiger partial charge in [0.05, 0.1) is 0 Å². The molecule has 1 heterocycles. The average molecular weight is 276 g/mol. The smallest absolute Gasteiger partial charge is 0.260 e. The van der Waals surface area contributed by atoms with E-state index in [1.54, 1.807) is 0 Å². The molecule has 0 amide bonds. The van der Waals surface area contributed by atoms with Crippen LogP contribution in [0.25, 0.3) is 0 Å². The summed E-state index contributed by atoms with van der Waals surface area (Å²) < 4.78 is 10.8. The first-order chi connectivity index (χ1) is 9.63. The molecule has 1 N–H and O–H groups in total. The van der Waals surface area contributed by atoms with Crippen molar-refractivity contribution in [2.45, 2.75) is 33.0 Å². The summed E-state index contributed by atoms with van der Waals surface area (Å²) in [5.74, 6) is 0.901. The van der Waals surface area contributed by atoms with Crippen molar-refractivity contribution in [1.29, 1.82) is 0 Å². The van der Waals surface area contributed by atoms with Gasteiger partial charge in [-0.05, 0) is 18.4 Å². The van der Waals surface area contributed by atoms with Crippen LogP contribution in [0.4, 0.5) is 0 Å². The molecule has 2 rings (SSSR count). The van der Waals surface area contributed by atoms with Gasteiger partial charge in [0, 0.05) is 6.61 Å². The number of aliphatic hydroxyl groups is 1. The van der Waals surface area contributed by atoms with Crippen LogP contribution in [0.15, 0.2) is 34.9 Å². The third-order valence-corrected chi connectivity index (χ3v) is 3.01. The molecule has 20 heavy (non-hydrogen) atoms. The molecular weight excluding hydrogens is 256 g/mol. The number of hydrogen-bond donors (Lipinski definition) is 1. The van der Waals surface area contributed by atoms with E-state index in [0.717, 1.165) is 5.56 Å². The van der Waals surface area contributed by atoms with Gasteiger partial charge in [0.2, 0.25) is 5.82 Å². The molecule has 1 aromatic carbocycles. The van der Waals surface area contributed by atoms with E-state index in [0.29, 0.717) is 12.4 Å². The van der Waals surface area contributed by atoms with E-state index < -0.39 is 6.10 Å². The van der Waals surface area contributed by atoms with E-state index in [9.17, 15) is 5.11 Å². The van der Waals surface area contributed by atoms with Gasteiger partial charge in [-0.15, -0.1) is 0 Å². The van der Waals surface area contributed by atoms with Crippen LogP contribution in [0.2, 0.25) is 0 Å². The molecule has 0 aliphatic rings. The minimum absolute atomic E-state index is 0.191. The van der Waals surface area contributed by atoms with Gasteiger partial charge in [-0.3, -0.25) is 0 Å². The van der Waals surface area contributed by atoms with Gasteiger partial charge in [0.25, 0.3) is 5.89 Å². The molecular formula is C15H20N2O3. The van der Waals surface area contributed by atoms with Crippen molar-refractivity contribution in [3.05, 3.63) is 47.6 Å². The molecule has 0 saturated carbocycles. The van der Waals surface area contributed by atoms with Gasteiger partial charge >= 0.3 is 0 Å². The number of benzene rings is 1. The Bertz CT molecular complexity index is 525. The molecule has 5 heteroatoms. The summed E-state index contributed by atoms with van der Waals surface area (Å²) >= 11 is 0. The Kier molecular flexibility index (Phi) is 4.87. The van der Waals surface area contributed by atoms with E-state index >= 15 is 0 Å². The monoisotopic (exact) mass is 276 g/mol. The minimum atomic E-state index is -0.910. The average Bonchev–Trinajstić information content (AvgIpc) is 2.94. The van der Waals surface area contributed by atoms with E-state index in [4.69, 9.17) is 9.26 Å². The second-order valence-electron chi connectivity index (χ2n) is 4.92. The number of ether oxygens (including phenoxy) is 1. The van der Waals surface area contributed by atoms with Crippen molar-refractivity contribution in [3.8, 4) is 0 Å². The topological polar surface area (TPSA) is 68.4 Å². The van der Waals surface area contributed by atoms with Crippen LogP contribution >= 0.6 is 0 Å². The zero-order valence-electron chi connectivity index (χ0n) is 12.0. The molecule has 0 saturated heterocycles. The molecule has 0 fully saturated rings. The van der Waals surface area contributed by atoms with Crippen molar-refractivity contribution in [2.75, 3.05) is 6.61 Å². The minimum Gasteiger partial charge on any atom is -0.378 e. The molecule has 0 bridgehead atoms. The fourth-order valence-corrected chi connectivity index (χ4v) is 2.00. The summed E-state index contributed by atoms with van der Waals surface area (Å²) in [7, 11) is 0. The second-order valence-corrected chi connectivity index (χ2v) is 4.92. The molecule has 0 aliphatic heterocycles. The Labute approximate surface area is 118 Å². The Morgan fingerprint density at radius 3 is 2.55 bits per heavy atom. The lowest BCUT2D eigenvalue weighted by Crippen LogP contribution is -2.13. The lowest BCUT2D eigenvalue weighted by Gasteiger charge is -2.16. The normalized spacial score (nSPS) is 14.4. The lowest BCUT2D eigenvalue weighted by molar-refractivity contribution is 0.0217. The number of aromatic nitrogens is 2. The maximum absolute atomic E-state index is 10.2. The Morgan fingerprint density at radius 1 is 1.25 bits per heavy atom. The lowest BCUT2D eigenvalue weighted by atomic mass is 10.1. The van der Waals surface area contributed by atoms with E-state index in [-0.39, 0.29) is 17.9 Å². The van der Waals surface area contributed by atoms with Crippen LogP contribution in [-0.4, -0.2) is 21.9 Å². The maximum Gasteiger partial charge on any atom is 0.260 e. The number of aliphatic hydroxyl groups excluding tert-OH is 1. The molecule has 2 aromatic rings. The highest BCUT2D eigenvalue weighted by molar-refractivity contribution is 5.21. The third kappa shape index (κ3) is 3.23. The van der Waals surface area contributed by atoms with Crippen LogP contribution in [0.5, 0.6) is 0 Å². The molecule has 2 unspecified atom stereocenters. The summed E-state index contributed by atoms with van der Waals surface area (Å²) in [4.78, 5) is 4.27. The van der Waals surface area contributed by atoms with Gasteiger partial charge in [-0.2, -0.15) is 4.98 Å². The van der Waals surface area contributed by atoms with Crippen molar-refractivity contribution < 1.29 is 14.4 Å². The Morgan fingerprint density at radius 2 is 1.95 bits per heavy atom. The van der Waals surface area contributed by atoms with Crippen LogP contribution in [0.1, 0.15) is 50.3 Å². The molecule has 1 aromatic heterocycles. The van der Waals surface area contributed by atoms with Crippen molar-refractivity contribution in [2.24, 2.45) is 5.92 Å². The van der Waals surface area contributed by atoms with E-state index in [1.807, 2.05) is 51.1 Å². The highest BCUT2D eigenvalue weighted by Gasteiger charge is 2.25. The Hall–Kier alpha value is -1.72. The number of rotatable bonds is 6. The van der Waals surface area contributed by atoms with Crippen LogP contribution < -0.4 is 0 Å². The van der Waals surface area contributed by atoms with Crippen molar-refractivity contribution >= 4 is 0 Å². The molecule has 0 aliphatic carbocycles. The quantitative estimate of drug-likeness (QED) is 0.878. The largest absolute Gasteiger partial charge is 0.378 e. The molecule has 108 valence electrons. The highest BCUT2D eigenvalue weighted by Crippen LogP contribution is 2.26. The van der Waals surface area contributed by atoms with Gasteiger partial charge in [0.1, 0.15) is 6.10 Å².